The van der Waals surface area contributed by atoms with Gasteiger partial charge in [-0.15, -0.1) is 11.3 Å². The topological polar surface area (TPSA) is 54.5 Å². The Labute approximate surface area is 124 Å². The van der Waals surface area contributed by atoms with E-state index in [4.69, 9.17) is 4.74 Å². The molecule has 0 saturated carbocycles. The molecule has 1 N–H and O–H groups in total. The van der Waals surface area contributed by atoms with Gasteiger partial charge < -0.3 is 9.64 Å². The fourth-order valence-electron chi connectivity index (χ4n) is 2.39. The molecule has 2 rings (SSSR count). The summed E-state index contributed by atoms with van der Waals surface area (Å²) in [5, 5.41) is 3.55. The van der Waals surface area contributed by atoms with E-state index in [0.29, 0.717) is 24.1 Å². The average molecular weight is 297 g/mol. The van der Waals surface area contributed by atoms with Gasteiger partial charge in [0.25, 0.3) is 0 Å². The van der Waals surface area contributed by atoms with Crippen LogP contribution in [0.4, 0.5) is 9.93 Å². The summed E-state index contributed by atoms with van der Waals surface area (Å²) in [5.74, 6) is 0.431. The standard InChI is InChI=1S/C14H23N3O2S/c1-9(2)11-6-15-12(20-11)16-13(18)17-7-10(3)19-14(4,5)8-17/h6,9-10H,7-8H2,1-5H3,(H,15,16,18). The molecule has 20 heavy (non-hydrogen) atoms. The Balaban J connectivity index is 2.00. The minimum absolute atomic E-state index is 0.0482. The first-order valence-corrected chi connectivity index (χ1v) is 7.78. The van der Waals surface area contributed by atoms with Gasteiger partial charge in [-0.05, 0) is 26.7 Å². The maximum atomic E-state index is 12.3. The van der Waals surface area contributed by atoms with Crippen LogP contribution in [0.1, 0.15) is 45.4 Å². The average Bonchev–Trinajstić information content (AvgIpc) is 2.74. The third-order valence-corrected chi connectivity index (χ3v) is 4.38. The second kappa shape index (κ2) is 5.69. The zero-order valence-electron chi connectivity index (χ0n) is 12.8. The Morgan fingerprint density at radius 2 is 2.30 bits per heavy atom. The Bertz CT molecular complexity index is 485. The molecule has 1 atom stereocenters. The molecule has 1 aliphatic rings. The summed E-state index contributed by atoms with van der Waals surface area (Å²) >= 11 is 1.53. The van der Waals surface area contributed by atoms with E-state index in [1.807, 2.05) is 27.0 Å². The molecule has 2 heterocycles. The molecule has 1 aromatic rings. The van der Waals surface area contributed by atoms with Crippen molar-refractivity contribution in [1.82, 2.24) is 9.88 Å². The van der Waals surface area contributed by atoms with Crippen LogP contribution in [0.25, 0.3) is 0 Å². The molecular weight excluding hydrogens is 274 g/mol. The highest BCUT2D eigenvalue weighted by atomic mass is 32.1. The summed E-state index contributed by atoms with van der Waals surface area (Å²) in [6, 6.07) is -0.0992. The summed E-state index contributed by atoms with van der Waals surface area (Å²) in [4.78, 5) is 19.5. The normalized spacial score (nSPS) is 22.1. The first-order chi connectivity index (χ1) is 9.27. The van der Waals surface area contributed by atoms with Crippen LogP contribution < -0.4 is 5.32 Å². The zero-order valence-corrected chi connectivity index (χ0v) is 13.6. The van der Waals surface area contributed by atoms with E-state index in [2.05, 4.69) is 24.1 Å². The Morgan fingerprint density at radius 1 is 1.60 bits per heavy atom. The van der Waals surface area contributed by atoms with Crippen LogP contribution in [-0.2, 0) is 4.74 Å². The third-order valence-electron chi connectivity index (χ3n) is 3.16. The predicted molar refractivity (Wildman–Crippen MR) is 81.4 cm³/mol. The highest BCUT2D eigenvalue weighted by molar-refractivity contribution is 7.15. The van der Waals surface area contributed by atoms with Gasteiger partial charge in [-0.25, -0.2) is 9.78 Å². The highest BCUT2D eigenvalue weighted by Gasteiger charge is 2.33. The van der Waals surface area contributed by atoms with E-state index in [-0.39, 0.29) is 17.7 Å². The van der Waals surface area contributed by atoms with Crippen LogP contribution in [0.3, 0.4) is 0 Å². The van der Waals surface area contributed by atoms with Crippen LogP contribution in [0.2, 0.25) is 0 Å². The van der Waals surface area contributed by atoms with E-state index in [0.717, 1.165) is 0 Å². The number of nitrogens with one attached hydrogen (secondary N) is 1. The Kier molecular flexibility index (Phi) is 4.34. The number of hydrogen-bond acceptors (Lipinski definition) is 4. The van der Waals surface area contributed by atoms with E-state index in [9.17, 15) is 4.79 Å². The van der Waals surface area contributed by atoms with Gasteiger partial charge in [-0.3, -0.25) is 5.32 Å². The predicted octanol–water partition coefficient (Wildman–Crippen LogP) is 3.30. The number of anilines is 1. The molecule has 6 heteroatoms. The SMILES string of the molecule is CC1CN(C(=O)Nc2ncc(C(C)C)s2)CC(C)(C)O1. The van der Waals surface area contributed by atoms with Crippen molar-refractivity contribution in [2.45, 2.75) is 52.2 Å². The number of ether oxygens (including phenoxy) is 1. The second-order valence-electron chi connectivity index (χ2n) is 6.22. The number of thiazole rings is 1. The molecule has 0 spiro atoms. The molecule has 1 aliphatic heterocycles. The summed E-state index contributed by atoms with van der Waals surface area (Å²) in [6.45, 7) is 11.4. The van der Waals surface area contributed by atoms with Gasteiger partial charge in [-0.1, -0.05) is 13.8 Å². The van der Waals surface area contributed by atoms with E-state index in [1.54, 1.807) is 4.90 Å². The molecule has 1 unspecified atom stereocenters. The van der Waals surface area contributed by atoms with Gasteiger partial charge in [-0.2, -0.15) is 0 Å². The van der Waals surface area contributed by atoms with E-state index >= 15 is 0 Å². The largest absolute Gasteiger partial charge is 0.369 e. The summed E-state index contributed by atoms with van der Waals surface area (Å²) in [6.07, 6.45) is 1.88. The monoisotopic (exact) mass is 297 g/mol. The minimum Gasteiger partial charge on any atom is -0.369 e. The molecule has 5 nitrogen and oxygen atoms in total. The van der Waals surface area contributed by atoms with Crippen molar-refractivity contribution < 1.29 is 9.53 Å². The molecule has 1 aromatic heterocycles. The van der Waals surface area contributed by atoms with Crippen molar-refractivity contribution in [2.24, 2.45) is 0 Å². The smallest absolute Gasteiger partial charge is 0.323 e. The number of urea groups is 1. The maximum absolute atomic E-state index is 12.3. The number of nitrogens with zero attached hydrogens (tertiary/aromatic N) is 2. The molecule has 0 radical (unpaired) electrons. The van der Waals surface area contributed by atoms with Crippen LogP contribution in [0.5, 0.6) is 0 Å². The summed E-state index contributed by atoms with van der Waals surface area (Å²) < 4.78 is 5.81. The molecule has 1 fully saturated rings. The summed E-state index contributed by atoms with van der Waals surface area (Å²) in [5.41, 5.74) is -0.305. The number of hydrogen-bond donors (Lipinski definition) is 1. The quantitative estimate of drug-likeness (QED) is 0.911. The lowest BCUT2D eigenvalue weighted by Gasteiger charge is -2.41. The van der Waals surface area contributed by atoms with Crippen molar-refractivity contribution in [3.05, 3.63) is 11.1 Å². The number of carbonyl (C=O) groups excluding carboxylic acids is 1. The van der Waals surface area contributed by atoms with Crippen molar-refractivity contribution in [3.63, 3.8) is 0 Å². The molecule has 2 amide bonds. The Hall–Kier alpha value is -1.14. The van der Waals surface area contributed by atoms with Crippen molar-refractivity contribution in [1.29, 1.82) is 0 Å². The Morgan fingerprint density at radius 3 is 2.85 bits per heavy atom. The number of rotatable bonds is 2. The first-order valence-electron chi connectivity index (χ1n) is 6.96. The van der Waals surface area contributed by atoms with Gasteiger partial charge in [0, 0.05) is 17.6 Å². The van der Waals surface area contributed by atoms with E-state index in [1.165, 1.54) is 16.2 Å². The van der Waals surface area contributed by atoms with Gasteiger partial charge >= 0.3 is 6.03 Å². The number of morpholine rings is 1. The highest BCUT2D eigenvalue weighted by Crippen LogP contribution is 2.26. The van der Waals surface area contributed by atoms with Gasteiger partial charge in [0.05, 0.1) is 18.2 Å². The molecule has 0 aliphatic carbocycles. The van der Waals surface area contributed by atoms with Crippen LogP contribution in [-0.4, -0.2) is 40.7 Å². The minimum atomic E-state index is -0.305. The number of amides is 2. The molecule has 1 saturated heterocycles. The van der Waals surface area contributed by atoms with Gasteiger partial charge in [0.1, 0.15) is 0 Å². The van der Waals surface area contributed by atoms with Crippen molar-refractivity contribution in [3.8, 4) is 0 Å². The fourth-order valence-corrected chi connectivity index (χ4v) is 3.20. The number of carbonyl (C=O) groups is 1. The van der Waals surface area contributed by atoms with Crippen molar-refractivity contribution >= 4 is 22.5 Å². The molecular formula is C14H23N3O2S. The van der Waals surface area contributed by atoms with E-state index < -0.39 is 0 Å². The zero-order chi connectivity index (χ0) is 14.9. The van der Waals surface area contributed by atoms with Crippen LogP contribution >= 0.6 is 11.3 Å². The second-order valence-corrected chi connectivity index (χ2v) is 7.28. The third kappa shape index (κ3) is 3.70. The van der Waals surface area contributed by atoms with Crippen molar-refractivity contribution in [2.75, 3.05) is 18.4 Å². The number of aromatic nitrogens is 1. The molecule has 112 valence electrons. The van der Waals surface area contributed by atoms with Crippen LogP contribution in [0, 0.1) is 0 Å². The maximum Gasteiger partial charge on any atom is 0.323 e. The fraction of sp³-hybridized carbons (Fsp3) is 0.714. The molecule has 0 bridgehead atoms. The van der Waals surface area contributed by atoms with Gasteiger partial charge in [0.2, 0.25) is 0 Å². The lowest BCUT2D eigenvalue weighted by molar-refractivity contribution is -0.116. The van der Waals surface area contributed by atoms with Gasteiger partial charge in [0.15, 0.2) is 5.13 Å². The molecule has 0 aromatic carbocycles. The lowest BCUT2D eigenvalue weighted by atomic mass is 10.1. The summed E-state index contributed by atoms with van der Waals surface area (Å²) in [7, 11) is 0. The first kappa shape index (κ1) is 15.3. The lowest BCUT2D eigenvalue weighted by Crippen LogP contribution is -2.54. The van der Waals surface area contributed by atoms with Crippen LogP contribution in [0.15, 0.2) is 6.20 Å².